The number of fused-ring (bicyclic) bond motifs is 4. The van der Waals surface area contributed by atoms with Crippen LogP contribution in [0.4, 0.5) is 0 Å². The van der Waals surface area contributed by atoms with Crippen LogP contribution in [-0.4, -0.2) is 183 Å². The summed E-state index contributed by atoms with van der Waals surface area (Å²) >= 11 is 0. The Morgan fingerprint density at radius 1 is 0.333 bits per heavy atom. The molecule has 578 valence electrons. The number of unbranched alkanes of at least 4 members (excludes halogenated alkanes) is 2. The smallest absolute Gasteiger partial charge is 0.326 e. The molecule has 8 rings (SSSR count). The van der Waals surface area contributed by atoms with Crippen molar-refractivity contribution in [2.45, 2.75) is 157 Å². The molecule has 0 aliphatic rings. The minimum absolute atomic E-state index is 0.0448. The van der Waals surface area contributed by atoms with E-state index >= 15 is 24.0 Å². The summed E-state index contributed by atoms with van der Waals surface area (Å²) in [5.74, 6) is -9.02. The fourth-order valence-corrected chi connectivity index (χ4v) is 12.9. The third kappa shape index (κ3) is 24.3. The average molecular weight is 1490 g/mol. The van der Waals surface area contributed by atoms with Gasteiger partial charge in [-0.3, -0.25) is 54.6 Å². The topological polar surface area (TPSA) is 597 Å². The fraction of sp³-hybridized carbons (Fsp3) is 0.405. The molecule has 0 bridgehead atoms. The van der Waals surface area contributed by atoms with Crippen LogP contribution in [0, 0.1) is 16.2 Å². The predicted molar refractivity (Wildman–Crippen MR) is 412 cm³/mol. The number of nitrogens with two attached hydrogens (primary N) is 6. The van der Waals surface area contributed by atoms with Crippen molar-refractivity contribution in [2.24, 2.45) is 34.4 Å². The number of aromatic amines is 4. The quantitative estimate of drug-likeness (QED) is 0.0138. The van der Waals surface area contributed by atoms with Crippen molar-refractivity contribution < 1.29 is 48.3 Å². The van der Waals surface area contributed by atoms with Gasteiger partial charge in [-0.05, 0) is 130 Å². The number of nitrogens with one attached hydrogen (secondary N) is 18. The van der Waals surface area contributed by atoms with E-state index in [0.717, 1.165) is 32.7 Å². The summed E-state index contributed by atoms with van der Waals surface area (Å²) in [4.78, 5) is 145. The summed E-state index contributed by atoms with van der Waals surface area (Å²) in [7, 11) is 0. The van der Waals surface area contributed by atoms with Gasteiger partial charge in [-0.25, -0.2) is 4.79 Å². The molecule has 0 saturated heterocycles. The molecule has 0 radical (unpaired) electrons. The van der Waals surface area contributed by atoms with Crippen molar-refractivity contribution >= 4 is 115 Å². The number of hydrogen-bond acceptors (Lipinski definition) is 15. The number of rotatable bonds is 45. The molecule has 108 heavy (non-hydrogen) atoms. The molecule has 8 aromatic rings. The third-order valence-corrected chi connectivity index (χ3v) is 18.6. The number of carbonyl (C=O) groups excluding carboxylic acids is 8. The summed E-state index contributed by atoms with van der Waals surface area (Å²) < 4.78 is 0. The Balaban J connectivity index is 1.08. The number of guanidine groups is 3. The second kappa shape index (κ2) is 41.0. The molecular formula is C74H102N24O10. The van der Waals surface area contributed by atoms with Gasteiger partial charge >= 0.3 is 5.97 Å². The largest absolute Gasteiger partial charge is 0.480 e. The zero-order valence-electron chi connectivity index (χ0n) is 60.2. The molecule has 0 fully saturated rings. The number of H-pyrrole nitrogens is 4. The van der Waals surface area contributed by atoms with Gasteiger partial charge in [0.05, 0.1) is 6.04 Å². The van der Waals surface area contributed by atoms with Crippen LogP contribution in [0.2, 0.25) is 0 Å². The predicted octanol–water partition coefficient (Wildman–Crippen LogP) is 0.221. The number of carboxylic acids is 1. The molecule has 0 spiro atoms. The average Bonchev–Trinajstić information content (AvgIpc) is 1.66. The van der Waals surface area contributed by atoms with E-state index in [4.69, 9.17) is 50.6 Å². The zero-order chi connectivity index (χ0) is 77.7. The number of aliphatic carboxylic acids is 1. The molecule has 0 aliphatic carbocycles. The number of carbonyl (C=O) groups is 9. The molecule has 0 aliphatic heterocycles. The first-order chi connectivity index (χ1) is 52.0. The maximum atomic E-state index is 15.4. The molecule has 34 heteroatoms. The molecule has 31 N–H and O–H groups in total. The highest BCUT2D eigenvalue weighted by Gasteiger charge is 2.37. The minimum Gasteiger partial charge on any atom is -0.480 e. The summed E-state index contributed by atoms with van der Waals surface area (Å²) in [5.41, 5.74) is 40.3. The molecule has 4 heterocycles. The number of hydrogen-bond donors (Lipinski definition) is 25. The Labute approximate surface area is 623 Å². The SMILES string of the molecule is N=C(N)NCCC[C@H](NC(=O)[C@H](CCCCN)NC(=O)[C@H](Cc1c[nH]c2ccccc12)NC(=O)[C@H](CCCNC(=N)N)NC(=O)[C@H](CCCNC(=N)N)NC(=O)[C@H](Cc1c[nH]c2ccccc12)NC(=O)[C@@H](N)CCCCN)C(=O)N[C@@H](Cc1c[nH]c2ccccc12)C(=O)N[C@@H](Cc1c[nH]c2ccccc12)C(=O)O. The first kappa shape index (κ1) is 81.6. The highest BCUT2D eigenvalue weighted by atomic mass is 16.4. The van der Waals surface area contributed by atoms with Gasteiger partial charge in [0.2, 0.25) is 47.3 Å². The van der Waals surface area contributed by atoms with Gasteiger partial charge in [0.25, 0.3) is 0 Å². The van der Waals surface area contributed by atoms with Crippen molar-refractivity contribution in [1.82, 2.24) is 78.4 Å². The van der Waals surface area contributed by atoms with E-state index in [0.29, 0.717) is 59.0 Å². The van der Waals surface area contributed by atoms with Gasteiger partial charge < -0.3 is 118 Å². The van der Waals surface area contributed by atoms with Gasteiger partial charge in [0.15, 0.2) is 17.9 Å². The highest BCUT2D eigenvalue weighted by molar-refractivity contribution is 6.00. The molecule has 0 saturated carbocycles. The van der Waals surface area contributed by atoms with Gasteiger partial charge in [-0.1, -0.05) is 79.2 Å². The monoisotopic (exact) mass is 1490 g/mol. The molecule has 9 atom stereocenters. The van der Waals surface area contributed by atoms with Gasteiger partial charge in [-0.15, -0.1) is 0 Å². The van der Waals surface area contributed by atoms with Crippen LogP contribution in [0.3, 0.4) is 0 Å². The number of para-hydroxylation sites is 4. The lowest BCUT2D eigenvalue weighted by molar-refractivity contribution is -0.142. The van der Waals surface area contributed by atoms with E-state index in [1.165, 1.54) is 0 Å². The normalized spacial score (nSPS) is 13.8. The fourth-order valence-electron chi connectivity index (χ4n) is 12.9. The Morgan fingerprint density at radius 3 is 0.861 bits per heavy atom. The Kier molecular flexibility index (Phi) is 31.0. The van der Waals surface area contributed by atoms with E-state index in [1.54, 1.807) is 49.1 Å². The zero-order valence-corrected chi connectivity index (χ0v) is 60.2. The number of carboxylic acid groups (broad SMARTS) is 1. The Hall–Kier alpha value is -12.0. The van der Waals surface area contributed by atoms with Gasteiger partial charge in [0, 0.05) is 114 Å². The van der Waals surface area contributed by atoms with E-state index in [2.05, 4.69) is 78.4 Å². The Morgan fingerprint density at radius 2 is 0.574 bits per heavy atom. The van der Waals surface area contributed by atoms with Crippen molar-refractivity contribution in [3.63, 3.8) is 0 Å². The maximum Gasteiger partial charge on any atom is 0.326 e. The summed E-state index contributed by atoms with van der Waals surface area (Å²) in [6.07, 6.45) is 8.25. The molecule has 4 aromatic heterocycles. The van der Waals surface area contributed by atoms with Gasteiger partial charge in [-0.2, -0.15) is 0 Å². The van der Waals surface area contributed by atoms with Crippen LogP contribution in [0.15, 0.2) is 122 Å². The van der Waals surface area contributed by atoms with Crippen LogP contribution >= 0.6 is 0 Å². The molecular weight excluding hydrogens is 1380 g/mol. The number of aromatic nitrogens is 4. The van der Waals surface area contributed by atoms with E-state index < -0.39 is 108 Å². The summed E-state index contributed by atoms with van der Waals surface area (Å²) in [5, 5.41) is 67.3. The lowest BCUT2D eigenvalue weighted by atomic mass is 10.0. The summed E-state index contributed by atoms with van der Waals surface area (Å²) in [6.45, 7) is 0.783. The van der Waals surface area contributed by atoms with Crippen LogP contribution in [0.25, 0.3) is 43.6 Å². The molecule has 8 amide bonds. The molecule has 0 unspecified atom stereocenters. The number of amides is 8. The van der Waals surface area contributed by atoms with E-state index in [1.807, 2.05) is 72.8 Å². The highest BCUT2D eigenvalue weighted by Crippen LogP contribution is 2.25. The van der Waals surface area contributed by atoms with Crippen LogP contribution in [0.5, 0.6) is 0 Å². The second-order valence-corrected chi connectivity index (χ2v) is 26.7. The maximum absolute atomic E-state index is 15.4. The van der Waals surface area contributed by atoms with Crippen LogP contribution < -0.4 is 92.9 Å². The van der Waals surface area contributed by atoms with Gasteiger partial charge in [0.1, 0.15) is 48.3 Å². The lowest BCUT2D eigenvalue weighted by Crippen LogP contribution is -2.61. The Bertz CT molecular complexity index is 4410. The third-order valence-electron chi connectivity index (χ3n) is 18.6. The van der Waals surface area contributed by atoms with E-state index in [-0.39, 0.29) is 128 Å². The van der Waals surface area contributed by atoms with Crippen molar-refractivity contribution in [3.05, 3.63) is 144 Å². The van der Waals surface area contributed by atoms with Crippen molar-refractivity contribution in [3.8, 4) is 0 Å². The first-order valence-electron chi connectivity index (χ1n) is 36.3. The van der Waals surface area contributed by atoms with E-state index in [9.17, 15) is 24.3 Å². The lowest BCUT2D eigenvalue weighted by Gasteiger charge is -2.28. The van der Waals surface area contributed by atoms with Crippen LogP contribution in [-0.2, 0) is 68.8 Å². The standard InChI is InChI=1S/C74H102N24O10/c75-29-11-9-20-50(77)63(99)95-59(34-42-38-87-51-21-5-1-16-46(42)51)68(104)94-56(26-13-31-84-72(78)79)65(101)92-58(28-15-33-86-74(82)83)66(102)96-60(35-43-39-88-52-22-6-2-17-47(43)52)69(105)93-55(25-10-12-30-76)64(100)91-57(27-14-32-85-73(80)81)67(103)97-61(36-44-40-89-53-23-7-3-18-48(44)53)70(106)98-62(71(107)108)37-45-41-90-54-24-8-4-19-49(45)54/h1-8,16-19,21-24,38-41,50,55-62,87-90H,9-15,20,25-37,75-77H2,(H,91,100)(H,92,101)(H,93,105)(H,94,104)(H,95,99)(H,96,102)(H,97,103)(H,98,106)(H,107,108)(H4,78,79,84)(H4,80,81,85)(H4,82,83,86)/t50-,55-,56-,57-,58-,59-,60-,61-,62-/m0/s1. The first-order valence-corrected chi connectivity index (χ1v) is 36.3. The van der Waals surface area contributed by atoms with Crippen LogP contribution in [0.1, 0.15) is 99.3 Å². The minimum atomic E-state index is -1.52. The molecule has 34 nitrogen and oxygen atoms in total. The summed E-state index contributed by atoms with van der Waals surface area (Å²) in [6, 6.07) is 16.6. The van der Waals surface area contributed by atoms with Crippen molar-refractivity contribution in [1.29, 1.82) is 16.2 Å². The van der Waals surface area contributed by atoms with Crippen molar-refractivity contribution in [2.75, 3.05) is 32.7 Å². The molecule has 4 aromatic carbocycles. The second-order valence-electron chi connectivity index (χ2n) is 26.7. The number of benzene rings is 4.